The molecule has 0 amide bonds. The van der Waals surface area contributed by atoms with Crippen molar-refractivity contribution in [3.8, 4) is 0 Å². The molecule has 0 nitrogen and oxygen atoms in total. The molecule has 21 heavy (non-hydrogen) atoms. The fraction of sp³-hybridized carbons (Fsp3) is 1.00. The van der Waals surface area contributed by atoms with Gasteiger partial charge in [0.1, 0.15) is 0 Å². The van der Waals surface area contributed by atoms with Crippen LogP contribution in [0.3, 0.4) is 0 Å². The van der Waals surface area contributed by atoms with E-state index in [1.54, 1.807) is 42.4 Å². The Kier molecular flexibility index (Phi) is 16.4. The first kappa shape index (κ1) is 21.9. The van der Waals surface area contributed by atoms with Gasteiger partial charge in [-0.3, -0.25) is 0 Å². The predicted molar refractivity (Wildman–Crippen MR) is 97.3 cm³/mol. The maximum atomic E-state index is 2.36. The van der Waals surface area contributed by atoms with E-state index >= 15 is 0 Å². The Morgan fingerprint density at radius 1 is 0.381 bits per heavy atom. The summed E-state index contributed by atoms with van der Waals surface area (Å²) >= 11 is -1.93. The molecule has 0 atom stereocenters. The van der Waals surface area contributed by atoms with Crippen LogP contribution in [0.15, 0.2) is 0 Å². The minimum absolute atomic E-state index is 1.41. The predicted octanol–water partition coefficient (Wildman–Crippen LogP) is 8.57. The second-order valence-electron chi connectivity index (χ2n) is 7.33. The molecule has 0 fully saturated rings. The molecule has 128 valence electrons. The molecule has 0 spiro atoms. The third kappa shape index (κ3) is 12.0. The topological polar surface area (TPSA) is 0 Å². The maximum absolute atomic E-state index is 2.36. The van der Waals surface area contributed by atoms with Gasteiger partial charge in [0, 0.05) is 0 Å². The van der Waals surface area contributed by atoms with Crippen molar-refractivity contribution in [1.82, 2.24) is 0 Å². The van der Waals surface area contributed by atoms with E-state index in [-0.39, 0.29) is 0 Å². The van der Waals surface area contributed by atoms with Gasteiger partial charge in [-0.05, 0) is 0 Å². The molecular weight excluding hydrogens is 419 g/mol. The Hall–Kier alpha value is 0.870. The standard InChI is InChI=1S/4C5H11.Hf/c4*1-3-5-4-2;/h4*1,3-5H2,2H3;. The van der Waals surface area contributed by atoms with Gasteiger partial charge in [-0.15, -0.1) is 0 Å². The van der Waals surface area contributed by atoms with Gasteiger partial charge in [-0.25, -0.2) is 0 Å². The van der Waals surface area contributed by atoms with E-state index in [1.165, 1.54) is 51.4 Å². The van der Waals surface area contributed by atoms with Crippen LogP contribution in [0, 0.1) is 0 Å². The number of hydrogen-bond acceptors (Lipinski definition) is 0. The molecule has 0 N–H and O–H groups in total. The van der Waals surface area contributed by atoms with Crippen molar-refractivity contribution < 1.29 is 20.0 Å². The molecule has 0 rings (SSSR count). The first-order valence-corrected chi connectivity index (χ1v) is 20.4. The van der Waals surface area contributed by atoms with Crippen LogP contribution in [0.2, 0.25) is 16.7 Å². The first-order valence-electron chi connectivity index (χ1n) is 10.2. The molecule has 1 heteroatoms. The SMILES string of the molecule is CCCC[CH2][Hf]([CH2]CCCC)([CH2]CCCC)[CH2]CCCC. The van der Waals surface area contributed by atoms with Crippen molar-refractivity contribution in [2.75, 3.05) is 0 Å². The number of unbranched alkanes of at least 4 members (excludes halogenated alkanes) is 8. The van der Waals surface area contributed by atoms with Crippen molar-refractivity contribution >= 4 is 0 Å². The monoisotopic (exact) mass is 464 g/mol. The molecule has 0 aromatic rings. The van der Waals surface area contributed by atoms with Crippen molar-refractivity contribution in [2.45, 2.75) is 121 Å². The third-order valence-electron chi connectivity index (χ3n) is 5.24. The summed E-state index contributed by atoms with van der Waals surface area (Å²) in [5.41, 5.74) is 0. The van der Waals surface area contributed by atoms with Crippen LogP contribution in [0.4, 0.5) is 0 Å². The van der Waals surface area contributed by atoms with Crippen molar-refractivity contribution in [3.63, 3.8) is 0 Å². The van der Waals surface area contributed by atoms with Gasteiger partial charge in [0.2, 0.25) is 0 Å². The van der Waals surface area contributed by atoms with Gasteiger partial charge in [-0.2, -0.15) is 0 Å². The van der Waals surface area contributed by atoms with Gasteiger partial charge in [-0.1, -0.05) is 0 Å². The van der Waals surface area contributed by atoms with Crippen LogP contribution < -0.4 is 0 Å². The van der Waals surface area contributed by atoms with Crippen molar-refractivity contribution in [1.29, 1.82) is 0 Å². The van der Waals surface area contributed by atoms with E-state index in [2.05, 4.69) is 27.7 Å². The van der Waals surface area contributed by atoms with E-state index < -0.39 is 20.0 Å². The van der Waals surface area contributed by atoms with E-state index in [0.717, 1.165) is 0 Å². The summed E-state index contributed by atoms with van der Waals surface area (Å²) in [6, 6.07) is 0. The minimum atomic E-state index is -1.93. The van der Waals surface area contributed by atoms with Crippen LogP contribution in [0.1, 0.15) is 105 Å². The van der Waals surface area contributed by atoms with Crippen LogP contribution >= 0.6 is 0 Å². The number of hydrogen-bond donors (Lipinski definition) is 0. The first-order chi connectivity index (χ1) is 10.2. The van der Waals surface area contributed by atoms with Gasteiger partial charge in [0.15, 0.2) is 0 Å². The molecule has 0 aliphatic carbocycles. The number of rotatable bonds is 16. The van der Waals surface area contributed by atoms with Crippen LogP contribution in [-0.2, 0) is 20.0 Å². The summed E-state index contributed by atoms with van der Waals surface area (Å²) < 4.78 is 6.94. The Bertz CT molecular complexity index is 155. The Morgan fingerprint density at radius 2 is 0.619 bits per heavy atom. The molecule has 0 aromatic carbocycles. The third-order valence-corrected chi connectivity index (χ3v) is 25.6. The summed E-state index contributed by atoms with van der Waals surface area (Å²) in [5.74, 6) is 0. The zero-order chi connectivity index (χ0) is 15.8. The van der Waals surface area contributed by atoms with Crippen LogP contribution in [0.5, 0.6) is 0 Å². The summed E-state index contributed by atoms with van der Waals surface area (Å²) in [6.07, 6.45) is 17.9. The molecule has 0 aliphatic rings. The second-order valence-corrected chi connectivity index (χ2v) is 25.3. The molecule has 0 saturated heterocycles. The van der Waals surface area contributed by atoms with E-state index in [4.69, 9.17) is 0 Å². The van der Waals surface area contributed by atoms with E-state index in [1.807, 2.05) is 0 Å². The van der Waals surface area contributed by atoms with Gasteiger partial charge in [0.05, 0.1) is 0 Å². The van der Waals surface area contributed by atoms with E-state index in [0.29, 0.717) is 0 Å². The molecule has 0 bridgehead atoms. The van der Waals surface area contributed by atoms with Crippen LogP contribution in [-0.4, -0.2) is 0 Å². The average Bonchev–Trinajstić information content (AvgIpc) is 2.48. The summed E-state index contributed by atoms with van der Waals surface area (Å²) in [5, 5.41) is 0. The molecule has 0 aliphatic heterocycles. The van der Waals surface area contributed by atoms with Gasteiger partial charge >= 0.3 is 141 Å². The average molecular weight is 463 g/mol. The van der Waals surface area contributed by atoms with Crippen LogP contribution in [0.25, 0.3) is 0 Å². The molecule has 0 saturated carbocycles. The summed E-state index contributed by atoms with van der Waals surface area (Å²) in [4.78, 5) is 0. The Morgan fingerprint density at radius 3 is 0.810 bits per heavy atom. The molecule has 0 aromatic heterocycles. The fourth-order valence-electron chi connectivity index (χ4n) is 3.75. The summed E-state index contributed by atoms with van der Waals surface area (Å²) in [7, 11) is 0. The Balaban J connectivity index is 4.52. The van der Waals surface area contributed by atoms with Crippen molar-refractivity contribution in [3.05, 3.63) is 0 Å². The summed E-state index contributed by atoms with van der Waals surface area (Å²) in [6.45, 7) is 9.46. The normalized spacial score (nSPS) is 12.0. The molecule has 0 unspecified atom stereocenters. The van der Waals surface area contributed by atoms with E-state index in [9.17, 15) is 0 Å². The molecular formula is C20H44Hf. The molecule has 0 radical (unpaired) electrons. The second kappa shape index (κ2) is 15.8. The zero-order valence-corrected chi connectivity index (χ0v) is 19.4. The Labute approximate surface area is 141 Å². The van der Waals surface area contributed by atoms with Gasteiger partial charge in [0.25, 0.3) is 0 Å². The van der Waals surface area contributed by atoms with Crippen molar-refractivity contribution in [2.24, 2.45) is 0 Å². The fourth-order valence-corrected chi connectivity index (χ4v) is 23.5. The quantitative estimate of drug-likeness (QED) is 0.159. The molecule has 0 heterocycles. The van der Waals surface area contributed by atoms with Gasteiger partial charge < -0.3 is 0 Å². The zero-order valence-electron chi connectivity index (χ0n) is 15.8.